The summed E-state index contributed by atoms with van der Waals surface area (Å²) in [6.45, 7) is 5.06. The molecule has 0 saturated heterocycles. The van der Waals surface area contributed by atoms with Gasteiger partial charge in [-0.25, -0.2) is 0 Å². The molecule has 1 aromatic carbocycles. The number of carbonyl (C=O) groups excluding carboxylic acids is 1. The minimum Gasteiger partial charge on any atom is -0.325 e. The molecule has 0 bridgehead atoms. The molecule has 0 heterocycles. The molecule has 3 nitrogen and oxygen atoms in total. The average molecular weight is 246 g/mol. The highest BCUT2D eigenvalue weighted by atomic mass is 16.2. The van der Waals surface area contributed by atoms with Crippen LogP contribution in [0.15, 0.2) is 24.3 Å². The number of benzene rings is 1. The predicted molar refractivity (Wildman–Crippen MR) is 74.8 cm³/mol. The minimum atomic E-state index is -0.168. The van der Waals surface area contributed by atoms with Crippen LogP contribution >= 0.6 is 0 Å². The number of nitrogens with one attached hydrogen (secondary N) is 2. The van der Waals surface area contributed by atoms with Gasteiger partial charge in [0.05, 0.1) is 5.41 Å². The lowest BCUT2D eigenvalue weighted by molar-refractivity contribution is -0.120. The van der Waals surface area contributed by atoms with E-state index in [0.717, 1.165) is 25.1 Å². The summed E-state index contributed by atoms with van der Waals surface area (Å²) in [5.41, 5.74) is 1.99. The molecule has 1 amide bonds. The molecular weight excluding hydrogens is 224 g/mol. The van der Waals surface area contributed by atoms with Crippen molar-refractivity contribution in [3.63, 3.8) is 0 Å². The zero-order valence-electron chi connectivity index (χ0n) is 11.4. The number of hydrogen-bond donors (Lipinski definition) is 2. The summed E-state index contributed by atoms with van der Waals surface area (Å²) in [6.07, 6.45) is 1.98. The van der Waals surface area contributed by atoms with Gasteiger partial charge in [0.15, 0.2) is 0 Å². The summed E-state index contributed by atoms with van der Waals surface area (Å²) >= 11 is 0. The summed E-state index contributed by atoms with van der Waals surface area (Å²) in [5, 5.41) is 6.21. The van der Waals surface area contributed by atoms with Gasteiger partial charge in [0.2, 0.25) is 5.91 Å². The second-order valence-corrected chi connectivity index (χ2v) is 5.51. The molecule has 1 fully saturated rings. The van der Waals surface area contributed by atoms with E-state index in [2.05, 4.69) is 30.5 Å². The van der Waals surface area contributed by atoms with E-state index in [0.29, 0.717) is 5.92 Å². The molecule has 18 heavy (non-hydrogen) atoms. The maximum Gasteiger partial charge on any atom is 0.231 e. The van der Waals surface area contributed by atoms with E-state index in [9.17, 15) is 4.79 Å². The van der Waals surface area contributed by atoms with Crippen molar-refractivity contribution in [1.29, 1.82) is 0 Å². The fraction of sp³-hybridized carbons (Fsp3) is 0.533. The molecule has 2 N–H and O–H groups in total. The number of carbonyl (C=O) groups is 1. The third-order valence-corrected chi connectivity index (χ3v) is 3.68. The van der Waals surface area contributed by atoms with Crippen molar-refractivity contribution in [2.75, 3.05) is 18.9 Å². The molecule has 3 heteroatoms. The van der Waals surface area contributed by atoms with E-state index in [1.807, 2.05) is 25.2 Å². The number of hydrogen-bond acceptors (Lipinski definition) is 2. The summed E-state index contributed by atoms with van der Waals surface area (Å²) < 4.78 is 0. The van der Waals surface area contributed by atoms with Crippen LogP contribution in [0.1, 0.15) is 38.2 Å². The van der Waals surface area contributed by atoms with Crippen molar-refractivity contribution in [2.45, 2.75) is 32.6 Å². The summed E-state index contributed by atoms with van der Waals surface area (Å²) in [7, 11) is 1.90. The van der Waals surface area contributed by atoms with Crippen LogP contribution in [0.5, 0.6) is 0 Å². The Bertz CT molecular complexity index is 436. The van der Waals surface area contributed by atoms with Gasteiger partial charge in [-0.15, -0.1) is 0 Å². The van der Waals surface area contributed by atoms with Crippen LogP contribution in [0.2, 0.25) is 0 Å². The maximum atomic E-state index is 12.3. The highest BCUT2D eigenvalue weighted by Gasteiger charge is 2.49. The molecule has 0 spiro atoms. The predicted octanol–water partition coefficient (Wildman–Crippen LogP) is 2.75. The third kappa shape index (κ3) is 2.56. The summed E-state index contributed by atoms with van der Waals surface area (Å²) in [4.78, 5) is 12.3. The van der Waals surface area contributed by atoms with Crippen molar-refractivity contribution < 1.29 is 4.79 Å². The van der Waals surface area contributed by atoms with E-state index >= 15 is 0 Å². The fourth-order valence-electron chi connectivity index (χ4n) is 2.34. The molecule has 0 radical (unpaired) electrons. The number of rotatable bonds is 5. The first-order valence-electron chi connectivity index (χ1n) is 6.64. The number of anilines is 1. The van der Waals surface area contributed by atoms with E-state index in [1.54, 1.807) is 0 Å². The van der Waals surface area contributed by atoms with E-state index in [-0.39, 0.29) is 11.3 Å². The quantitative estimate of drug-likeness (QED) is 0.838. The largest absolute Gasteiger partial charge is 0.325 e. The fourth-order valence-corrected chi connectivity index (χ4v) is 2.34. The second-order valence-electron chi connectivity index (χ2n) is 5.51. The zero-order valence-corrected chi connectivity index (χ0v) is 11.4. The van der Waals surface area contributed by atoms with Crippen molar-refractivity contribution in [1.82, 2.24) is 5.32 Å². The van der Waals surface area contributed by atoms with Gasteiger partial charge in [0.1, 0.15) is 0 Å². The Hall–Kier alpha value is -1.35. The lowest BCUT2D eigenvalue weighted by atomic mass is 10.00. The topological polar surface area (TPSA) is 41.1 Å². The SMILES string of the molecule is CNCC1(C(=O)Nc2ccccc2C(C)C)CC1. The van der Waals surface area contributed by atoms with Crippen molar-refractivity contribution in [3.05, 3.63) is 29.8 Å². The van der Waals surface area contributed by atoms with Gasteiger partial charge in [0.25, 0.3) is 0 Å². The van der Waals surface area contributed by atoms with Gasteiger partial charge >= 0.3 is 0 Å². The third-order valence-electron chi connectivity index (χ3n) is 3.68. The monoisotopic (exact) mass is 246 g/mol. The summed E-state index contributed by atoms with van der Waals surface area (Å²) in [5.74, 6) is 0.575. The zero-order chi connectivity index (χ0) is 13.2. The Balaban J connectivity index is 2.12. The molecule has 2 rings (SSSR count). The van der Waals surface area contributed by atoms with Crippen LogP contribution in [-0.2, 0) is 4.79 Å². The molecule has 1 saturated carbocycles. The Kier molecular flexibility index (Phi) is 3.71. The van der Waals surface area contributed by atoms with Gasteiger partial charge in [-0.2, -0.15) is 0 Å². The lowest BCUT2D eigenvalue weighted by Crippen LogP contribution is -2.32. The molecule has 0 aliphatic heterocycles. The number of amides is 1. The highest BCUT2D eigenvalue weighted by molar-refractivity contribution is 5.98. The van der Waals surface area contributed by atoms with Gasteiger partial charge in [-0.05, 0) is 37.4 Å². The van der Waals surface area contributed by atoms with Crippen molar-refractivity contribution in [3.8, 4) is 0 Å². The van der Waals surface area contributed by atoms with E-state index < -0.39 is 0 Å². The van der Waals surface area contributed by atoms with Crippen LogP contribution in [-0.4, -0.2) is 19.5 Å². The summed E-state index contributed by atoms with van der Waals surface area (Å²) in [6, 6.07) is 8.06. The highest BCUT2D eigenvalue weighted by Crippen LogP contribution is 2.46. The lowest BCUT2D eigenvalue weighted by Gasteiger charge is -2.18. The maximum absolute atomic E-state index is 12.3. The van der Waals surface area contributed by atoms with Crippen LogP contribution in [0, 0.1) is 5.41 Å². The molecule has 1 aliphatic carbocycles. The standard InChI is InChI=1S/C15H22N2O/c1-11(2)12-6-4-5-7-13(12)17-14(18)15(8-9-15)10-16-3/h4-7,11,16H,8-10H2,1-3H3,(H,17,18). The van der Waals surface area contributed by atoms with Crippen molar-refractivity contribution >= 4 is 11.6 Å². The van der Waals surface area contributed by atoms with Gasteiger partial charge < -0.3 is 10.6 Å². The van der Waals surface area contributed by atoms with Gasteiger partial charge in [-0.3, -0.25) is 4.79 Å². The normalized spacial score (nSPS) is 16.7. The van der Waals surface area contributed by atoms with E-state index in [4.69, 9.17) is 0 Å². The molecule has 0 atom stereocenters. The Morgan fingerprint density at radius 1 is 1.33 bits per heavy atom. The molecule has 98 valence electrons. The molecule has 1 aromatic rings. The van der Waals surface area contributed by atoms with Crippen molar-refractivity contribution in [2.24, 2.45) is 5.41 Å². The molecule has 0 aromatic heterocycles. The molecular formula is C15H22N2O. The van der Waals surface area contributed by atoms with Crippen LogP contribution in [0.4, 0.5) is 5.69 Å². The van der Waals surface area contributed by atoms with E-state index in [1.165, 1.54) is 5.56 Å². The van der Waals surface area contributed by atoms with Crippen LogP contribution in [0.3, 0.4) is 0 Å². The first kappa shape index (κ1) is 13.1. The van der Waals surface area contributed by atoms with Crippen LogP contribution < -0.4 is 10.6 Å². The minimum absolute atomic E-state index is 0.157. The Labute approximate surface area is 109 Å². The molecule has 1 aliphatic rings. The smallest absolute Gasteiger partial charge is 0.231 e. The van der Waals surface area contributed by atoms with Gasteiger partial charge in [0, 0.05) is 12.2 Å². The second kappa shape index (κ2) is 5.11. The first-order valence-corrected chi connectivity index (χ1v) is 6.64. The number of para-hydroxylation sites is 1. The Morgan fingerprint density at radius 3 is 2.56 bits per heavy atom. The van der Waals surface area contributed by atoms with Gasteiger partial charge in [-0.1, -0.05) is 32.0 Å². The first-order chi connectivity index (χ1) is 8.59. The van der Waals surface area contributed by atoms with Crippen LogP contribution in [0.25, 0.3) is 0 Å². The average Bonchev–Trinajstić information content (AvgIpc) is 3.11. The Morgan fingerprint density at radius 2 is 2.00 bits per heavy atom. The molecule has 0 unspecified atom stereocenters.